The lowest BCUT2D eigenvalue weighted by atomic mass is 9.91. The van der Waals surface area contributed by atoms with Crippen LogP contribution in [0.1, 0.15) is 52.5 Å². The number of aromatic nitrogens is 1. The molecule has 5 heteroatoms. The standard InChI is InChI=1S/C30H35N3O2/c34-29(25-6-2-1-3-7-25)27-14-11-24(21-27)20-23-9-12-26(13-10-23)30(35)33-18-16-32(17-19-33)22-28-8-4-5-15-31-28/h1-10,12-13,15,24,27,29,34H,11,14,16-22H2/t24?,27-,29+/m0/s1. The van der Waals surface area contributed by atoms with Crippen LogP contribution >= 0.6 is 0 Å². The highest BCUT2D eigenvalue weighted by Gasteiger charge is 2.30. The molecule has 0 spiro atoms. The first-order valence-electron chi connectivity index (χ1n) is 12.9. The largest absolute Gasteiger partial charge is 0.388 e. The van der Waals surface area contributed by atoms with Crippen molar-refractivity contribution in [3.63, 3.8) is 0 Å². The molecule has 1 amide bonds. The summed E-state index contributed by atoms with van der Waals surface area (Å²) < 4.78 is 0. The van der Waals surface area contributed by atoms with Gasteiger partial charge in [0.1, 0.15) is 0 Å². The molecular weight excluding hydrogens is 434 g/mol. The number of nitrogens with zero attached hydrogens (tertiary/aromatic N) is 3. The molecule has 0 bridgehead atoms. The van der Waals surface area contributed by atoms with Gasteiger partial charge in [0.25, 0.3) is 5.91 Å². The van der Waals surface area contributed by atoms with Crippen LogP contribution in [-0.4, -0.2) is 52.0 Å². The summed E-state index contributed by atoms with van der Waals surface area (Å²) in [5.74, 6) is 1.05. The van der Waals surface area contributed by atoms with Crippen molar-refractivity contribution in [1.82, 2.24) is 14.8 Å². The Kier molecular flexibility index (Phi) is 7.55. The Morgan fingerprint density at radius 1 is 0.914 bits per heavy atom. The number of carbonyl (C=O) groups excluding carboxylic acids is 1. The van der Waals surface area contributed by atoms with Gasteiger partial charge in [-0.1, -0.05) is 48.5 Å². The van der Waals surface area contributed by atoms with Crippen LogP contribution in [0, 0.1) is 11.8 Å². The Morgan fingerprint density at radius 3 is 2.37 bits per heavy atom. The summed E-state index contributed by atoms with van der Waals surface area (Å²) >= 11 is 0. The number of benzene rings is 2. The number of pyridine rings is 1. The highest BCUT2D eigenvalue weighted by Crippen LogP contribution is 2.40. The van der Waals surface area contributed by atoms with E-state index in [1.807, 2.05) is 65.7 Å². The average Bonchev–Trinajstić information content (AvgIpc) is 3.38. The van der Waals surface area contributed by atoms with E-state index >= 15 is 0 Å². The SMILES string of the molecule is O=C(c1ccc(CC2CC[C@H]([C@H](O)c3ccccc3)C2)cc1)N1CCN(Cc2ccccn2)CC1. The second-order valence-corrected chi connectivity index (χ2v) is 10.1. The van der Waals surface area contributed by atoms with Crippen molar-refractivity contribution in [3.05, 3.63) is 101 Å². The van der Waals surface area contributed by atoms with Crippen LogP contribution in [0.4, 0.5) is 0 Å². The molecule has 3 aromatic rings. The summed E-state index contributed by atoms with van der Waals surface area (Å²) in [5, 5.41) is 10.8. The van der Waals surface area contributed by atoms with Crippen molar-refractivity contribution < 1.29 is 9.90 Å². The number of aliphatic hydroxyl groups is 1. The lowest BCUT2D eigenvalue weighted by Gasteiger charge is -2.34. The minimum Gasteiger partial charge on any atom is -0.388 e. The Hall–Kier alpha value is -3.02. The Bertz CT molecular complexity index is 1080. The predicted molar refractivity (Wildman–Crippen MR) is 138 cm³/mol. The molecule has 1 N–H and O–H groups in total. The first-order valence-corrected chi connectivity index (χ1v) is 12.9. The highest BCUT2D eigenvalue weighted by atomic mass is 16.3. The maximum absolute atomic E-state index is 13.0. The molecular formula is C30H35N3O2. The summed E-state index contributed by atoms with van der Waals surface area (Å²) in [7, 11) is 0. The summed E-state index contributed by atoms with van der Waals surface area (Å²) in [6.45, 7) is 4.08. The first-order chi connectivity index (χ1) is 17.2. The predicted octanol–water partition coefficient (Wildman–Crippen LogP) is 4.73. The zero-order valence-electron chi connectivity index (χ0n) is 20.3. The third-order valence-electron chi connectivity index (χ3n) is 7.67. The van der Waals surface area contributed by atoms with Crippen LogP contribution in [0.15, 0.2) is 79.0 Å². The fourth-order valence-corrected chi connectivity index (χ4v) is 5.64. The summed E-state index contributed by atoms with van der Waals surface area (Å²) in [6, 6.07) is 24.2. The van der Waals surface area contributed by atoms with Crippen molar-refractivity contribution in [3.8, 4) is 0 Å². The zero-order chi connectivity index (χ0) is 24.0. The van der Waals surface area contributed by atoms with Crippen molar-refractivity contribution >= 4 is 5.91 Å². The van der Waals surface area contributed by atoms with Crippen LogP contribution in [0.3, 0.4) is 0 Å². The van der Waals surface area contributed by atoms with Crippen molar-refractivity contribution in [1.29, 1.82) is 0 Å². The number of rotatable bonds is 7. The number of hydrogen-bond donors (Lipinski definition) is 1. The number of aliphatic hydroxyl groups excluding tert-OH is 1. The Morgan fingerprint density at radius 2 is 1.66 bits per heavy atom. The molecule has 3 atom stereocenters. The second-order valence-electron chi connectivity index (χ2n) is 10.1. The zero-order valence-corrected chi connectivity index (χ0v) is 20.3. The number of piperazine rings is 1. The van der Waals surface area contributed by atoms with E-state index in [-0.39, 0.29) is 12.0 Å². The maximum Gasteiger partial charge on any atom is 0.253 e. The normalized spacial score (nSPS) is 21.7. The van der Waals surface area contributed by atoms with Crippen molar-refractivity contribution in [2.75, 3.05) is 26.2 Å². The van der Waals surface area contributed by atoms with E-state index in [4.69, 9.17) is 0 Å². The van der Waals surface area contributed by atoms with E-state index in [1.54, 1.807) is 0 Å². The molecule has 1 unspecified atom stereocenters. The molecule has 2 fully saturated rings. The number of carbonyl (C=O) groups is 1. The van der Waals surface area contributed by atoms with Gasteiger partial charge >= 0.3 is 0 Å². The molecule has 0 radical (unpaired) electrons. The molecule has 2 aliphatic rings. The third kappa shape index (κ3) is 5.98. The van der Waals surface area contributed by atoms with E-state index < -0.39 is 0 Å². The van der Waals surface area contributed by atoms with Gasteiger partial charge in [0, 0.05) is 44.5 Å². The van der Waals surface area contributed by atoms with E-state index in [0.717, 1.165) is 75.2 Å². The highest BCUT2D eigenvalue weighted by molar-refractivity contribution is 5.94. The average molecular weight is 470 g/mol. The smallest absolute Gasteiger partial charge is 0.253 e. The molecule has 1 saturated carbocycles. The molecule has 2 aromatic carbocycles. The Balaban J connectivity index is 1.10. The van der Waals surface area contributed by atoms with Gasteiger partial charge in [-0.15, -0.1) is 0 Å². The van der Waals surface area contributed by atoms with Gasteiger partial charge in [-0.25, -0.2) is 0 Å². The van der Waals surface area contributed by atoms with Crippen LogP contribution < -0.4 is 0 Å². The molecule has 1 saturated heterocycles. The first kappa shape index (κ1) is 23.7. The quantitative estimate of drug-likeness (QED) is 0.543. The van der Waals surface area contributed by atoms with Gasteiger partial charge in [0.2, 0.25) is 0 Å². The van der Waals surface area contributed by atoms with Crippen LogP contribution in [0.5, 0.6) is 0 Å². The number of amides is 1. The molecule has 5 rings (SSSR count). The van der Waals surface area contributed by atoms with E-state index in [9.17, 15) is 9.90 Å². The van der Waals surface area contributed by atoms with Crippen LogP contribution in [-0.2, 0) is 13.0 Å². The minimum absolute atomic E-state index is 0.126. The lowest BCUT2D eigenvalue weighted by molar-refractivity contribution is 0.0627. The van der Waals surface area contributed by atoms with Gasteiger partial charge in [-0.05, 0) is 72.9 Å². The second kappa shape index (κ2) is 11.1. The van der Waals surface area contributed by atoms with E-state index in [2.05, 4.69) is 28.1 Å². The van der Waals surface area contributed by atoms with Crippen LogP contribution in [0.25, 0.3) is 0 Å². The van der Waals surface area contributed by atoms with Gasteiger partial charge < -0.3 is 10.0 Å². The summed E-state index contributed by atoms with van der Waals surface area (Å²) in [5.41, 5.74) is 4.15. The molecule has 1 aliphatic heterocycles. The lowest BCUT2D eigenvalue weighted by Crippen LogP contribution is -2.48. The fourth-order valence-electron chi connectivity index (χ4n) is 5.64. The number of hydrogen-bond acceptors (Lipinski definition) is 4. The van der Waals surface area contributed by atoms with Gasteiger partial charge in [0.05, 0.1) is 11.8 Å². The molecule has 2 heterocycles. The monoisotopic (exact) mass is 469 g/mol. The molecule has 182 valence electrons. The van der Waals surface area contributed by atoms with Gasteiger partial charge in [-0.2, -0.15) is 0 Å². The Labute approximate surface area is 208 Å². The maximum atomic E-state index is 13.0. The summed E-state index contributed by atoms with van der Waals surface area (Å²) in [6.07, 6.45) is 5.75. The van der Waals surface area contributed by atoms with E-state index in [0.29, 0.717) is 11.8 Å². The van der Waals surface area contributed by atoms with Gasteiger partial charge in [0.15, 0.2) is 0 Å². The molecule has 1 aromatic heterocycles. The molecule has 5 nitrogen and oxygen atoms in total. The van der Waals surface area contributed by atoms with Crippen molar-refractivity contribution in [2.45, 2.75) is 38.3 Å². The molecule has 1 aliphatic carbocycles. The third-order valence-corrected chi connectivity index (χ3v) is 7.67. The van der Waals surface area contributed by atoms with Gasteiger partial charge in [-0.3, -0.25) is 14.7 Å². The molecule has 35 heavy (non-hydrogen) atoms. The fraction of sp³-hybridized carbons (Fsp3) is 0.400. The van der Waals surface area contributed by atoms with Crippen molar-refractivity contribution in [2.24, 2.45) is 11.8 Å². The van der Waals surface area contributed by atoms with Crippen LogP contribution in [0.2, 0.25) is 0 Å². The van der Waals surface area contributed by atoms with E-state index in [1.165, 1.54) is 5.56 Å². The summed E-state index contributed by atoms with van der Waals surface area (Å²) in [4.78, 5) is 21.8. The topological polar surface area (TPSA) is 56.7 Å². The minimum atomic E-state index is -0.370.